The van der Waals surface area contributed by atoms with E-state index in [1.165, 1.54) is 18.2 Å². The third-order valence-electron chi connectivity index (χ3n) is 7.83. The topological polar surface area (TPSA) is 13.1 Å². The van der Waals surface area contributed by atoms with Crippen molar-refractivity contribution < 1.29 is 34.6 Å². The first-order valence-corrected chi connectivity index (χ1v) is 14.3. The Labute approximate surface area is 304 Å². The average Bonchev–Trinajstić information content (AvgIpc) is 3.71. The Balaban J connectivity index is 1.65. The largest absolute Gasteiger partial charge is 0.455 e. The summed E-state index contributed by atoms with van der Waals surface area (Å²) >= 11 is 0. The number of benzene rings is 8. The van der Waals surface area contributed by atoms with Crippen LogP contribution in [0.1, 0.15) is 30.2 Å². The maximum Gasteiger partial charge on any atom is 0.143 e. The molecule has 9 aromatic rings. The molecule has 0 radical (unpaired) electrons. The lowest BCUT2D eigenvalue weighted by molar-refractivity contribution is 0.633. The van der Waals surface area contributed by atoms with Gasteiger partial charge >= 0.3 is 0 Å². The van der Waals surface area contributed by atoms with Crippen molar-refractivity contribution in [3.05, 3.63) is 181 Å². The lowest BCUT2D eigenvalue weighted by atomic mass is 9.84. The zero-order chi connectivity index (χ0) is 50.3. The molecular weight excluding hydrogens is 569 g/mol. The molecule has 1 heterocycles. The molecule has 0 aliphatic heterocycles. The van der Waals surface area contributed by atoms with Crippen molar-refractivity contribution in [2.24, 2.45) is 0 Å². The van der Waals surface area contributed by atoms with Crippen molar-refractivity contribution in [1.82, 2.24) is 0 Å². The summed E-state index contributed by atoms with van der Waals surface area (Å²) < 4.78 is 203. The van der Waals surface area contributed by atoms with E-state index in [9.17, 15) is 8.22 Å². The van der Waals surface area contributed by atoms with Crippen LogP contribution in [0.25, 0.3) is 88.3 Å². The van der Waals surface area contributed by atoms with Gasteiger partial charge in [-0.05, 0) is 67.1 Å². The van der Waals surface area contributed by atoms with Gasteiger partial charge in [-0.15, -0.1) is 0 Å². The van der Waals surface area contributed by atoms with Gasteiger partial charge in [0.25, 0.3) is 0 Å². The third kappa shape index (κ3) is 4.56. The maximum atomic E-state index is 9.59. The predicted octanol–water partition coefficient (Wildman–Crippen LogP) is 13.1. The van der Waals surface area contributed by atoms with E-state index in [1.54, 1.807) is 30.3 Å². The number of furan rings is 1. The Hall–Kier alpha value is -6.18. The van der Waals surface area contributed by atoms with Crippen LogP contribution in [0, 0.1) is 0 Å². The fourth-order valence-electron chi connectivity index (χ4n) is 5.89. The van der Waals surface area contributed by atoms with E-state index in [0.29, 0.717) is 0 Å². The van der Waals surface area contributed by atoms with Crippen LogP contribution in [-0.4, -0.2) is 0 Å². The van der Waals surface area contributed by atoms with E-state index in [2.05, 4.69) is 0 Å². The maximum absolute atomic E-state index is 9.59. The van der Waals surface area contributed by atoms with E-state index in [-0.39, 0.29) is 65.9 Å². The van der Waals surface area contributed by atoms with E-state index in [4.69, 9.17) is 26.3 Å². The van der Waals surface area contributed by atoms with Crippen LogP contribution in [0.5, 0.6) is 0 Å². The molecule has 47 heavy (non-hydrogen) atoms. The monoisotopic (exact) mass is 620 g/mol. The molecule has 0 spiro atoms. The lowest BCUT2D eigenvalue weighted by Crippen LogP contribution is -1.92. The van der Waals surface area contributed by atoms with E-state index in [1.807, 2.05) is 0 Å². The minimum absolute atomic E-state index is 0.0287. The van der Waals surface area contributed by atoms with Gasteiger partial charge in [-0.25, -0.2) is 0 Å². The van der Waals surface area contributed by atoms with E-state index >= 15 is 0 Å². The Morgan fingerprint density at radius 3 is 1.53 bits per heavy atom. The van der Waals surface area contributed by atoms with Crippen molar-refractivity contribution in [2.75, 3.05) is 0 Å². The smallest absolute Gasteiger partial charge is 0.143 e. The molecule has 0 saturated carbocycles. The minimum Gasteiger partial charge on any atom is -0.455 e. The van der Waals surface area contributed by atoms with Gasteiger partial charge in [-0.2, -0.15) is 0 Å². The molecule has 9 rings (SSSR count). The van der Waals surface area contributed by atoms with Gasteiger partial charge in [0.15, 0.2) is 0 Å². The first-order valence-electron chi connectivity index (χ1n) is 25.3. The normalized spacial score (nSPS) is 18.0. The number of rotatable bonds is 5. The van der Waals surface area contributed by atoms with Gasteiger partial charge in [-0.1, -0.05) is 169 Å². The standard InChI is InChI=1S/C46H30O/c1-4-16-31(17-5-1)34-28-29-42-41(30-34)45(46(47-42)40-27-15-10-22-35(40)32-18-6-2-7-19-32)44-38-25-13-11-23-36(38)43(33-20-8-3-9-21-33)37-24-12-14-26-39(37)44/h1-30H/i1D,2D,4D,5D,6D,7D,10D,11D,12D,13D,14D,15D,16D,17D,18D,19D,22D,23D,24D,25D,26D,27D. The summed E-state index contributed by atoms with van der Waals surface area (Å²) in [6.07, 6.45) is 0. The van der Waals surface area contributed by atoms with Gasteiger partial charge in [-0.3, -0.25) is 0 Å². The number of hydrogen-bond donors (Lipinski definition) is 0. The van der Waals surface area contributed by atoms with Crippen LogP contribution in [0.4, 0.5) is 0 Å². The van der Waals surface area contributed by atoms with Gasteiger partial charge in [0, 0.05) is 22.1 Å². The fraction of sp³-hybridized carbons (Fsp3) is 0. The Bertz CT molecular complexity index is 3670. The second kappa shape index (κ2) is 11.3. The average molecular weight is 621 g/mol. The Morgan fingerprint density at radius 1 is 0.362 bits per heavy atom. The molecule has 0 atom stereocenters. The van der Waals surface area contributed by atoms with Crippen LogP contribution >= 0.6 is 0 Å². The van der Waals surface area contributed by atoms with Crippen molar-refractivity contribution in [3.8, 4) is 55.8 Å². The van der Waals surface area contributed by atoms with E-state index in [0.717, 1.165) is 0 Å². The van der Waals surface area contributed by atoms with Crippen molar-refractivity contribution in [2.45, 2.75) is 0 Å². The van der Waals surface area contributed by atoms with Crippen molar-refractivity contribution in [3.63, 3.8) is 0 Å². The summed E-state index contributed by atoms with van der Waals surface area (Å²) in [5.74, 6) is -0.591. The minimum atomic E-state index is -0.895. The second-order valence-corrected chi connectivity index (χ2v) is 10.4. The molecule has 8 aromatic carbocycles. The predicted molar refractivity (Wildman–Crippen MR) is 198 cm³/mol. The summed E-state index contributed by atoms with van der Waals surface area (Å²) in [4.78, 5) is 0. The lowest BCUT2D eigenvalue weighted by Gasteiger charge is -2.18. The summed E-state index contributed by atoms with van der Waals surface area (Å²) in [6.45, 7) is 0. The molecule has 0 amide bonds. The second-order valence-electron chi connectivity index (χ2n) is 10.4. The summed E-state index contributed by atoms with van der Waals surface area (Å²) in [7, 11) is 0. The first-order chi connectivity index (χ1) is 32.5. The molecule has 0 saturated heterocycles. The molecule has 1 heteroatoms. The molecular formula is C46H30O. The zero-order valence-electron chi connectivity index (χ0n) is 46.0. The SMILES string of the molecule is [2H]c1c([2H])c([2H])c(-c2ccc3oc(-c4c([2H])c([2H])c([2H])c([2H])c4-c4c([2H])c([2H])c([2H])c([2H])c4[2H])c(-c4c5c([2H])c([2H])c([2H])c([2H])c5c(-c5ccccc5)c5c([2H])c([2H])c([2H])c([2H])c45)c3c2)c([2H])c1[2H]. The van der Waals surface area contributed by atoms with Crippen LogP contribution in [0.2, 0.25) is 0 Å². The quantitative estimate of drug-likeness (QED) is 0.174. The summed E-state index contributed by atoms with van der Waals surface area (Å²) in [5.41, 5.74) is -3.02. The molecule has 0 aliphatic carbocycles. The zero-order valence-corrected chi connectivity index (χ0v) is 24.0. The highest BCUT2D eigenvalue weighted by Gasteiger charge is 2.25. The molecule has 220 valence electrons. The first kappa shape index (κ1) is 12.9. The Morgan fingerprint density at radius 2 is 0.894 bits per heavy atom. The molecule has 0 fully saturated rings. The summed E-state index contributed by atoms with van der Waals surface area (Å²) in [5, 5.41) is -1.35. The van der Waals surface area contributed by atoms with Gasteiger partial charge in [0.05, 0.1) is 30.2 Å². The molecule has 0 aliphatic rings. The van der Waals surface area contributed by atoms with Gasteiger partial charge < -0.3 is 4.42 Å². The van der Waals surface area contributed by atoms with Crippen molar-refractivity contribution in [1.29, 1.82) is 0 Å². The molecule has 1 aromatic heterocycles. The number of hydrogen-bond acceptors (Lipinski definition) is 1. The van der Waals surface area contributed by atoms with Crippen molar-refractivity contribution >= 4 is 32.5 Å². The van der Waals surface area contributed by atoms with Gasteiger partial charge in [0.2, 0.25) is 0 Å². The molecule has 0 bridgehead atoms. The van der Waals surface area contributed by atoms with Crippen LogP contribution < -0.4 is 0 Å². The highest BCUT2D eigenvalue weighted by atomic mass is 16.3. The molecule has 0 N–H and O–H groups in total. The number of fused-ring (bicyclic) bond motifs is 3. The molecule has 1 nitrogen and oxygen atoms in total. The van der Waals surface area contributed by atoms with E-state index < -0.39 is 155 Å². The molecule has 0 unspecified atom stereocenters. The Kier molecular flexibility index (Phi) is 3.11. The fourth-order valence-corrected chi connectivity index (χ4v) is 5.89. The van der Waals surface area contributed by atoms with Crippen LogP contribution in [0.3, 0.4) is 0 Å². The van der Waals surface area contributed by atoms with Crippen LogP contribution in [0.15, 0.2) is 186 Å². The third-order valence-corrected chi connectivity index (χ3v) is 7.83. The van der Waals surface area contributed by atoms with Crippen LogP contribution in [-0.2, 0) is 0 Å². The highest BCUT2D eigenvalue weighted by molar-refractivity contribution is 6.25. The highest BCUT2D eigenvalue weighted by Crippen LogP contribution is 2.51. The summed E-state index contributed by atoms with van der Waals surface area (Å²) in [6, 6.07) is -4.99. The van der Waals surface area contributed by atoms with Gasteiger partial charge in [0.1, 0.15) is 11.3 Å².